The molecular weight excluding hydrogens is 359 g/mol. The van der Waals surface area contributed by atoms with Crippen LogP contribution in [-0.2, 0) is 20.7 Å². The number of halogens is 1. The van der Waals surface area contributed by atoms with Crippen molar-refractivity contribution < 1.29 is 14.3 Å². The van der Waals surface area contributed by atoms with Crippen LogP contribution < -0.4 is 11.1 Å². The minimum Gasteiger partial charge on any atom is -0.372 e. The highest BCUT2D eigenvalue weighted by atomic mass is 127. The van der Waals surface area contributed by atoms with E-state index in [1.807, 2.05) is 24.3 Å². The first-order valence-electron chi connectivity index (χ1n) is 5.93. The van der Waals surface area contributed by atoms with Crippen LogP contribution in [0.1, 0.15) is 12.5 Å². The van der Waals surface area contributed by atoms with Crippen molar-refractivity contribution in [1.82, 2.24) is 5.32 Å². The molecule has 0 fully saturated rings. The van der Waals surface area contributed by atoms with E-state index < -0.39 is 11.9 Å². The zero-order chi connectivity index (χ0) is 14.3. The van der Waals surface area contributed by atoms with Gasteiger partial charge in [-0.05, 0) is 47.2 Å². The number of nitrogens with one attached hydrogen (secondary N) is 1. The van der Waals surface area contributed by atoms with Crippen molar-refractivity contribution in [2.45, 2.75) is 19.4 Å². The normalized spacial score (nSPS) is 11.9. The van der Waals surface area contributed by atoms with Crippen molar-refractivity contribution in [3.63, 3.8) is 0 Å². The lowest BCUT2D eigenvalue weighted by Gasteiger charge is -2.15. The van der Waals surface area contributed by atoms with Gasteiger partial charge >= 0.3 is 0 Å². The van der Waals surface area contributed by atoms with E-state index in [0.717, 1.165) is 9.13 Å². The Hall–Kier alpha value is -1.15. The Bertz CT molecular complexity index is 434. The van der Waals surface area contributed by atoms with Gasteiger partial charge in [0.25, 0.3) is 0 Å². The number of amides is 2. The Kier molecular flexibility index (Phi) is 6.79. The summed E-state index contributed by atoms with van der Waals surface area (Å²) >= 11 is 2.20. The molecule has 0 aliphatic heterocycles. The third kappa shape index (κ3) is 6.02. The van der Waals surface area contributed by atoms with Crippen LogP contribution in [0.2, 0.25) is 0 Å². The second-order valence-electron chi connectivity index (χ2n) is 3.99. The molecule has 0 aromatic heterocycles. The van der Waals surface area contributed by atoms with Crippen molar-refractivity contribution in [2.75, 3.05) is 13.2 Å². The monoisotopic (exact) mass is 376 g/mol. The topological polar surface area (TPSA) is 81.4 Å². The standard InChI is InChI=1S/C13H17IN2O3/c1-2-19-8-12(17)16-11(13(15)18)7-9-3-5-10(14)6-4-9/h3-6,11H,2,7-8H2,1H3,(H2,15,18)(H,16,17)/t11-/m0/s1. The predicted molar refractivity (Wildman–Crippen MR) is 80.5 cm³/mol. The number of hydrogen-bond donors (Lipinski definition) is 2. The molecule has 0 aliphatic rings. The molecule has 0 saturated heterocycles. The summed E-state index contributed by atoms with van der Waals surface area (Å²) in [5, 5.41) is 2.57. The van der Waals surface area contributed by atoms with E-state index >= 15 is 0 Å². The Morgan fingerprint density at radius 1 is 1.37 bits per heavy atom. The van der Waals surface area contributed by atoms with E-state index in [-0.39, 0.29) is 12.5 Å². The van der Waals surface area contributed by atoms with Gasteiger partial charge in [-0.1, -0.05) is 12.1 Å². The van der Waals surface area contributed by atoms with Gasteiger partial charge in [-0.2, -0.15) is 0 Å². The number of benzene rings is 1. The Balaban J connectivity index is 2.60. The highest BCUT2D eigenvalue weighted by molar-refractivity contribution is 14.1. The zero-order valence-corrected chi connectivity index (χ0v) is 12.8. The molecule has 0 radical (unpaired) electrons. The maximum atomic E-state index is 11.5. The minimum atomic E-state index is -0.715. The van der Waals surface area contributed by atoms with E-state index in [9.17, 15) is 9.59 Å². The molecule has 19 heavy (non-hydrogen) atoms. The largest absolute Gasteiger partial charge is 0.372 e. The summed E-state index contributed by atoms with van der Waals surface area (Å²) in [4.78, 5) is 22.9. The molecular formula is C13H17IN2O3. The van der Waals surface area contributed by atoms with Crippen LogP contribution in [0.3, 0.4) is 0 Å². The fourth-order valence-electron chi connectivity index (χ4n) is 1.51. The summed E-state index contributed by atoms with van der Waals surface area (Å²) in [6.07, 6.45) is 0.379. The van der Waals surface area contributed by atoms with Crippen LogP contribution in [-0.4, -0.2) is 31.1 Å². The number of carbonyl (C=O) groups is 2. The lowest BCUT2D eigenvalue weighted by molar-refractivity contribution is -0.130. The molecule has 1 rings (SSSR count). The smallest absolute Gasteiger partial charge is 0.246 e. The lowest BCUT2D eigenvalue weighted by Crippen LogP contribution is -2.47. The van der Waals surface area contributed by atoms with E-state index in [0.29, 0.717) is 13.0 Å². The molecule has 0 unspecified atom stereocenters. The van der Waals surface area contributed by atoms with Crippen molar-refractivity contribution in [2.24, 2.45) is 5.73 Å². The molecule has 0 spiro atoms. The first kappa shape index (κ1) is 15.9. The van der Waals surface area contributed by atoms with E-state index in [2.05, 4.69) is 27.9 Å². The Morgan fingerprint density at radius 2 is 2.00 bits per heavy atom. The van der Waals surface area contributed by atoms with E-state index in [1.165, 1.54) is 0 Å². The SMILES string of the molecule is CCOCC(=O)N[C@@H](Cc1ccc(I)cc1)C(N)=O. The molecule has 5 nitrogen and oxygen atoms in total. The maximum Gasteiger partial charge on any atom is 0.246 e. The summed E-state index contributed by atoms with van der Waals surface area (Å²) in [6, 6.07) is 6.98. The van der Waals surface area contributed by atoms with Crippen molar-refractivity contribution in [1.29, 1.82) is 0 Å². The van der Waals surface area contributed by atoms with Crippen LogP contribution >= 0.6 is 22.6 Å². The van der Waals surface area contributed by atoms with Gasteiger partial charge in [-0.3, -0.25) is 9.59 Å². The molecule has 0 saturated carbocycles. The third-order valence-corrected chi connectivity index (χ3v) is 3.19. The average Bonchev–Trinajstić information content (AvgIpc) is 2.38. The first-order valence-corrected chi connectivity index (χ1v) is 7.01. The number of nitrogens with two attached hydrogens (primary N) is 1. The van der Waals surface area contributed by atoms with Crippen LogP contribution in [0.4, 0.5) is 0 Å². The van der Waals surface area contributed by atoms with Gasteiger partial charge in [0, 0.05) is 16.6 Å². The Labute approximate surface area is 126 Å². The predicted octanol–water partition coefficient (Wildman–Crippen LogP) is 0.840. The first-order chi connectivity index (χ1) is 9.02. The zero-order valence-electron chi connectivity index (χ0n) is 10.7. The second-order valence-corrected chi connectivity index (χ2v) is 5.24. The number of carbonyl (C=O) groups excluding carboxylic acids is 2. The minimum absolute atomic E-state index is 0.0625. The molecule has 0 bridgehead atoms. The number of primary amides is 1. The molecule has 1 aromatic rings. The molecule has 0 aliphatic carbocycles. The van der Waals surface area contributed by atoms with Crippen LogP contribution in [0, 0.1) is 3.57 Å². The summed E-state index contributed by atoms with van der Waals surface area (Å²) in [7, 11) is 0. The van der Waals surface area contributed by atoms with Gasteiger partial charge in [0.1, 0.15) is 12.6 Å². The van der Waals surface area contributed by atoms with E-state index in [4.69, 9.17) is 10.5 Å². The van der Waals surface area contributed by atoms with Gasteiger partial charge in [-0.25, -0.2) is 0 Å². The molecule has 1 atom stereocenters. The highest BCUT2D eigenvalue weighted by Crippen LogP contribution is 2.08. The number of hydrogen-bond acceptors (Lipinski definition) is 3. The third-order valence-electron chi connectivity index (χ3n) is 2.47. The van der Waals surface area contributed by atoms with Gasteiger partial charge in [0.2, 0.25) is 11.8 Å². The molecule has 1 aromatic carbocycles. The van der Waals surface area contributed by atoms with Crippen molar-refractivity contribution in [3.8, 4) is 0 Å². The summed E-state index contributed by atoms with van der Waals surface area (Å²) < 4.78 is 6.09. The van der Waals surface area contributed by atoms with Gasteiger partial charge < -0.3 is 15.8 Å². The number of ether oxygens (including phenoxy) is 1. The molecule has 2 amide bonds. The van der Waals surface area contributed by atoms with Crippen LogP contribution in [0.5, 0.6) is 0 Å². The van der Waals surface area contributed by atoms with Gasteiger partial charge in [-0.15, -0.1) is 0 Å². The average molecular weight is 376 g/mol. The lowest BCUT2D eigenvalue weighted by atomic mass is 10.1. The highest BCUT2D eigenvalue weighted by Gasteiger charge is 2.18. The Morgan fingerprint density at radius 3 is 2.53 bits per heavy atom. The van der Waals surface area contributed by atoms with Crippen LogP contribution in [0.15, 0.2) is 24.3 Å². The number of rotatable bonds is 7. The molecule has 6 heteroatoms. The molecule has 104 valence electrons. The molecule has 3 N–H and O–H groups in total. The summed E-state index contributed by atoms with van der Waals surface area (Å²) in [5.74, 6) is -0.889. The quantitative estimate of drug-likeness (QED) is 0.692. The molecule has 0 heterocycles. The van der Waals surface area contributed by atoms with Gasteiger partial charge in [0.15, 0.2) is 0 Å². The van der Waals surface area contributed by atoms with Crippen molar-refractivity contribution in [3.05, 3.63) is 33.4 Å². The summed E-state index contributed by atoms with van der Waals surface area (Å²) in [6.45, 7) is 2.18. The second kappa shape index (κ2) is 8.11. The van der Waals surface area contributed by atoms with Crippen LogP contribution in [0.25, 0.3) is 0 Å². The van der Waals surface area contributed by atoms with Gasteiger partial charge in [0.05, 0.1) is 0 Å². The van der Waals surface area contributed by atoms with E-state index in [1.54, 1.807) is 6.92 Å². The summed E-state index contributed by atoms with van der Waals surface area (Å²) in [5.41, 5.74) is 6.24. The fourth-order valence-corrected chi connectivity index (χ4v) is 1.87. The fraction of sp³-hybridized carbons (Fsp3) is 0.385. The van der Waals surface area contributed by atoms with Crippen molar-refractivity contribution >= 4 is 34.4 Å². The maximum absolute atomic E-state index is 11.5.